The smallest absolute Gasteiger partial charge is 0.321 e. The number of amides is 2. The van der Waals surface area contributed by atoms with Crippen molar-refractivity contribution in [1.82, 2.24) is 5.32 Å². The number of carbonyl (C=O) groups excluding carboxylic acids is 1. The van der Waals surface area contributed by atoms with E-state index in [9.17, 15) is 14.9 Å². The zero-order valence-corrected chi connectivity index (χ0v) is 13.9. The molecule has 0 spiro atoms. The summed E-state index contributed by atoms with van der Waals surface area (Å²) in [6.07, 6.45) is 0.910. The summed E-state index contributed by atoms with van der Waals surface area (Å²) >= 11 is 0. The van der Waals surface area contributed by atoms with Crippen molar-refractivity contribution in [2.75, 3.05) is 23.3 Å². The number of nitrogens with one attached hydrogen (secondary N) is 2. The molecule has 25 heavy (non-hydrogen) atoms. The van der Waals surface area contributed by atoms with E-state index in [-0.39, 0.29) is 17.8 Å². The van der Waals surface area contributed by atoms with Gasteiger partial charge in [0.1, 0.15) is 0 Å². The topological polar surface area (TPSA) is 87.5 Å². The van der Waals surface area contributed by atoms with Crippen molar-refractivity contribution in [2.24, 2.45) is 0 Å². The van der Waals surface area contributed by atoms with E-state index in [0.717, 1.165) is 23.4 Å². The van der Waals surface area contributed by atoms with Crippen LogP contribution >= 0.6 is 0 Å². The molecule has 2 amide bonds. The third kappa shape index (κ3) is 3.88. The first-order valence-corrected chi connectivity index (χ1v) is 8.21. The zero-order chi connectivity index (χ0) is 17.8. The molecule has 0 aliphatic carbocycles. The second kappa shape index (κ2) is 7.21. The number of urea groups is 1. The van der Waals surface area contributed by atoms with Crippen LogP contribution in [-0.4, -0.2) is 24.0 Å². The average molecular weight is 340 g/mol. The molecular weight excluding hydrogens is 320 g/mol. The standard InChI is InChI=1S/C18H20N4O3/c1-13(14-5-2-8-17(11-14)22(24)25)20-15-6-3-7-16(12-15)21-10-4-9-19-18(21)23/h2-3,5-8,11-13,20H,4,9-10H2,1H3,(H,19,23)/t13-/m1/s1. The lowest BCUT2D eigenvalue weighted by atomic mass is 10.1. The molecular formula is C18H20N4O3. The summed E-state index contributed by atoms with van der Waals surface area (Å²) in [7, 11) is 0. The van der Waals surface area contributed by atoms with Gasteiger partial charge in [-0.25, -0.2) is 4.79 Å². The molecule has 1 saturated heterocycles. The fraction of sp³-hybridized carbons (Fsp3) is 0.278. The van der Waals surface area contributed by atoms with Gasteiger partial charge in [0, 0.05) is 42.6 Å². The number of nitro groups is 1. The number of carbonyl (C=O) groups is 1. The van der Waals surface area contributed by atoms with Crippen LogP contribution in [0.5, 0.6) is 0 Å². The Labute approximate surface area is 145 Å². The molecule has 0 saturated carbocycles. The van der Waals surface area contributed by atoms with E-state index < -0.39 is 4.92 Å². The maximum absolute atomic E-state index is 12.0. The molecule has 2 aromatic rings. The summed E-state index contributed by atoms with van der Waals surface area (Å²) in [6, 6.07) is 14.0. The highest BCUT2D eigenvalue weighted by Gasteiger charge is 2.19. The van der Waals surface area contributed by atoms with Gasteiger partial charge in [0.25, 0.3) is 5.69 Å². The second-order valence-corrected chi connectivity index (χ2v) is 6.01. The van der Waals surface area contributed by atoms with Gasteiger partial charge in [-0.2, -0.15) is 0 Å². The molecule has 7 nitrogen and oxygen atoms in total. The van der Waals surface area contributed by atoms with Crippen molar-refractivity contribution in [3.8, 4) is 0 Å². The molecule has 1 heterocycles. The molecule has 1 aliphatic heterocycles. The lowest BCUT2D eigenvalue weighted by Gasteiger charge is -2.28. The summed E-state index contributed by atoms with van der Waals surface area (Å²) < 4.78 is 0. The van der Waals surface area contributed by atoms with Crippen molar-refractivity contribution >= 4 is 23.1 Å². The summed E-state index contributed by atoms with van der Waals surface area (Å²) in [6.45, 7) is 3.34. The number of rotatable bonds is 5. The number of hydrogen-bond donors (Lipinski definition) is 2. The molecule has 0 unspecified atom stereocenters. The summed E-state index contributed by atoms with van der Waals surface area (Å²) in [5, 5.41) is 17.1. The van der Waals surface area contributed by atoms with Crippen LogP contribution in [0.25, 0.3) is 0 Å². The van der Waals surface area contributed by atoms with Crippen LogP contribution in [0, 0.1) is 10.1 Å². The number of anilines is 2. The van der Waals surface area contributed by atoms with E-state index >= 15 is 0 Å². The van der Waals surface area contributed by atoms with Crippen LogP contribution in [0.2, 0.25) is 0 Å². The van der Waals surface area contributed by atoms with E-state index in [1.54, 1.807) is 17.0 Å². The first-order chi connectivity index (χ1) is 12.0. The maximum Gasteiger partial charge on any atom is 0.321 e. The van der Waals surface area contributed by atoms with Gasteiger partial charge in [0.05, 0.1) is 4.92 Å². The number of nitrogens with zero attached hydrogens (tertiary/aromatic N) is 2. The third-order valence-electron chi connectivity index (χ3n) is 4.20. The van der Waals surface area contributed by atoms with Gasteiger partial charge in [-0.3, -0.25) is 15.0 Å². The highest BCUT2D eigenvalue weighted by molar-refractivity contribution is 5.93. The maximum atomic E-state index is 12.0. The predicted octanol–water partition coefficient (Wildman–Crippen LogP) is 3.69. The summed E-state index contributed by atoms with van der Waals surface area (Å²) in [5.74, 6) is 0. The van der Waals surface area contributed by atoms with Gasteiger partial charge in [-0.05, 0) is 37.1 Å². The molecule has 2 N–H and O–H groups in total. The molecule has 7 heteroatoms. The van der Waals surface area contributed by atoms with Gasteiger partial charge in [-0.15, -0.1) is 0 Å². The number of benzene rings is 2. The summed E-state index contributed by atoms with van der Waals surface area (Å²) in [5.41, 5.74) is 2.59. The van der Waals surface area contributed by atoms with Gasteiger partial charge in [-0.1, -0.05) is 18.2 Å². The van der Waals surface area contributed by atoms with Crippen LogP contribution in [0.4, 0.5) is 21.9 Å². The molecule has 1 atom stereocenters. The monoisotopic (exact) mass is 340 g/mol. The van der Waals surface area contributed by atoms with Crippen LogP contribution in [0.15, 0.2) is 48.5 Å². The molecule has 1 aliphatic rings. The van der Waals surface area contributed by atoms with Gasteiger partial charge < -0.3 is 10.6 Å². The molecule has 130 valence electrons. The largest absolute Gasteiger partial charge is 0.378 e. The average Bonchev–Trinajstić information content (AvgIpc) is 2.62. The van der Waals surface area contributed by atoms with Crippen molar-refractivity contribution in [3.63, 3.8) is 0 Å². The number of nitro benzene ring substituents is 1. The summed E-state index contributed by atoms with van der Waals surface area (Å²) in [4.78, 5) is 24.2. The van der Waals surface area contributed by atoms with E-state index in [0.29, 0.717) is 13.1 Å². The lowest BCUT2D eigenvalue weighted by Crippen LogP contribution is -2.46. The van der Waals surface area contributed by atoms with Crippen LogP contribution in [-0.2, 0) is 0 Å². The minimum atomic E-state index is -0.397. The second-order valence-electron chi connectivity index (χ2n) is 6.01. The SMILES string of the molecule is C[C@@H](Nc1cccc(N2CCCNC2=O)c1)c1cccc([N+](=O)[O-])c1. The van der Waals surface area contributed by atoms with E-state index in [2.05, 4.69) is 10.6 Å². The van der Waals surface area contributed by atoms with Crippen molar-refractivity contribution < 1.29 is 9.72 Å². The molecule has 1 fully saturated rings. The van der Waals surface area contributed by atoms with Crippen molar-refractivity contribution in [1.29, 1.82) is 0 Å². The Morgan fingerprint density at radius 1 is 1.24 bits per heavy atom. The molecule has 3 rings (SSSR count). The molecule has 2 aromatic carbocycles. The van der Waals surface area contributed by atoms with Gasteiger partial charge in [0.15, 0.2) is 0 Å². The van der Waals surface area contributed by atoms with Crippen LogP contribution in [0.1, 0.15) is 24.9 Å². The highest BCUT2D eigenvalue weighted by atomic mass is 16.6. The Morgan fingerprint density at radius 2 is 2.04 bits per heavy atom. The minimum absolute atomic E-state index is 0.0740. The van der Waals surface area contributed by atoms with E-state index in [1.165, 1.54) is 6.07 Å². The van der Waals surface area contributed by atoms with Crippen LogP contribution < -0.4 is 15.5 Å². The predicted molar refractivity (Wildman–Crippen MR) is 96.9 cm³/mol. The Hall–Kier alpha value is -3.09. The fourth-order valence-electron chi connectivity index (χ4n) is 2.88. The third-order valence-corrected chi connectivity index (χ3v) is 4.20. The van der Waals surface area contributed by atoms with Crippen molar-refractivity contribution in [2.45, 2.75) is 19.4 Å². The molecule has 0 radical (unpaired) electrons. The van der Waals surface area contributed by atoms with Gasteiger partial charge in [0.2, 0.25) is 0 Å². The van der Waals surface area contributed by atoms with E-state index in [1.807, 2.05) is 37.3 Å². The lowest BCUT2D eigenvalue weighted by molar-refractivity contribution is -0.384. The first kappa shape index (κ1) is 16.8. The number of hydrogen-bond acceptors (Lipinski definition) is 4. The fourth-order valence-corrected chi connectivity index (χ4v) is 2.88. The molecule has 0 bridgehead atoms. The Morgan fingerprint density at radius 3 is 2.80 bits per heavy atom. The normalized spacial score (nSPS) is 15.4. The Kier molecular flexibility index (Phi) is 4.83. The van der Waals surface area contributed by atoms with Crippen molar-refractivity contribution in [3.05, 3.63) is 64.2 Å². The molecule has 0 aromatic heterocycles. The number of non-ortho nitro benzene ring substituents is 1. The first-order valence-electron chi connectivity index (χ1n) is 8.21. The van der Waals surface area contributed by atoms with Gasteiger partial charge >= 0.3 is 6.03 Å². The van der Waals surface area contributed by atoms with E-state index in [4.69, 9.17) is 0 Å². The van der Waals surface area contributed by atoms with Crippen LogP contribution in [0.3, 0.4) is 0 Å². The minimum Gasteiger partial charge on any atom is -0.378 e. The zero-order valence-electron chi connectivity index (χ0n) is 13.9. The Bertz CT molecular complexity index is 793. The Balaban J connectivity index is 1.76. The quantitative estimate of drug-likeness (QED) is 0.642. The highest BCUT2D eigenvalue weighted by Crippen LogP contribution is 2.26.